The first kappa shape index (κ1) is 15.8. The summed E-state index contributed by atoms with van der Waals surface area (Å²) in [5.41, 5.74) is 7.89. The van der Waals surface area contributed by atoms with E-state index in [0.29, 0.717) is 23.7 Å². The summed E-state index contributed by atoms with van der Waals surface area (Å²) in [7, 11) is 1.78. The fraction of sp³-hybridized carbons (Fsp3) is 0.438. The minimum atomic E-state index is -0.0412. The summed E-state index contributed by atoms with van der Waals surface area (Å²) in [5.74, 6) is -0.0412. The molecule has 1 aromatic heterocycles. The molecular formula is C16H22N2O2S. The molecule has 21 heavy (non-hydrogen) atoms. The van der Waals surface area contributed by atoms with Crippen molar-refractivity contribution in [3.8, 4) is 0 Å². The van der Waals surface area contributed by atoms with Crippen LogP contribution in [-0.4, -0.2) is 37.1 Å². The van der Waals surface area contributed by atoms with Crippen molar-refractivity contribution in [1.29, 1.82) is 0 Å². The van der Waals surface area contributed by atoms with Gasteiger partial charge in [0.2, 0.25) is 0 Å². The Morgan fingerprint density at radius 1 is 1.43 bits per heavy atom. The number of ether oxygens (including phenoxy) is 1. The number of nitrogens with zero attached hydrogens (tertiary/aromatic N) is 1. The number of aryl methyl sites for hydroxylation is 1. The first-order chi connectivity index (χ1) is 9.91. The third-order valence-corrected chi connectivity index (χ3v) is 4.71. The zero-order valence-corrected chi connectivity index (χ0v) is 13.8. The number of thiophene rings is 1. The predicted octanol–water partition coefficient (Wildman–Crippen LogP) is 3.29. The highest BCUT2D eigenvalue weighted by Crippen LogP contribution is 2.36. The Kier molecular flexibility index (Phi) is 4.85. The van der Waals surface area contributed by atoms with Gasteiger partial charge >= 0.3 is 0 Å². The Hall–Kier alpha value is -1.59. The number of benzene rings is 1. The first-order valence-electron chi connectivity index (χ1n) is 7.06. The SMILES string of the molecule is Cc1cccc2c(N)c(C(=O)N(C)CCOC(C)C)sc12. The molecule has 0 aliphatic rings. The Labute approximate surface area is 129 Å². The van der Waals surface area contributed by atoms with Crippen molar-refractivity contribution in [1.82, 2.24) is 4.90 Å². The zero-order valence-electron chi connectivity index (χ0n) is 13.0. The molecule has 2 N–H and O–H groups in total. The van der Waals surface area contributed by atoms with Crippen LogP contribution in [0.2, 0.25) is 0 Å². The van der Waals surface area contributed by atoms with Crippen molar-refractivity contribution in [3.05, 3.63) is 28.6 Å². The smallest absolute Gasteiger partial charge is 0.265 e. The third kappa shape index (κ3) is 3.36. The maximum absolute atomic E-state index is 12.5. The minimum Gasteiger partial charge on any atom is -0.397 e. The number of fused-ring (bicyclic) bond motifs is 1. The van der Waals surface area contributed by atoms with Gasteiger partial charge in [0.1, 0.15) is 4.88 Å². The molecule has 0 atom stereocenters. The van der Waals surface area contributed by atoms with E-state index < -0.39 is 0 Å². The molecule has 2 aromatic rings. The highest BCUT2D eigenvalue weighted by molar-refractivity contribution is 7.21. The van der Waals surface area contributed by atoms with Crippen molar-refractivity contribution in [3.63, 3.8) is 0 Å². The summed E-state index contributed by atoms with van der Waals surface area (Å²) < 4.78 is 6.57. The molecule has 5 heteroatoms. The van der Waals surface area contributed by atoms with Crippen molar-refractivity contribution in [2.75, 3.05) is 25.9 Å². The van der Waals surface area contributed by atoms with Crippen LogP contribution in [0.1, 0.15) is 29.1 Å². The van der Waals surface area contributed by atoms with Crippen LogP contribution in [0, 0.1) is 6.92 Å². The lowest BCUT2D eigenvalue weighted by Crippen LogP contribution is -2.30. The van der Waals surface area contributed by atoms with Crippen molar-refractivity contribution < 1.29 is 9.53 Å². The van der Waals surface area contributed by atoms with Gasteiger partial charge in [-0.3, -0.25) is 4.79 Å². The molecule has 0 bridgehead atoms. The molecular weight excluding hydrogens is 284 g/mol. The van der Waals surface area contributed by atoms with E-state index >= 15 is 0 Å². The molecule has 2 rings (SSSR count). The topological polar surface area (TPSA) is 55.6 Å². The Bertz CT molecular complexity index is 649. The van der Waals surface area contributed by atoms with E-state index in [9.17, 15) is 4.79 Å². The second-order valence-corrected chi connectivity index (χ2v) is 6.46. The lowest BCUT2D eigenvalue weighted by Gasteiger charge is -2.17. The van der Waals surface area contributed by atoms with Gasteiger partial charge in [-0.15, -0.1) is 11.3 Å². The highest BCUT2D eigenvalue weighted by Gasteiger charge is 2.20. The number of hydrogen-bond acceptors (Lipinski definition) is 4. The molecule has 0 aliphatic carbocycles. The molecule has 4 nitrogen and oxygen atoms in total. The molecule has 0 saturated carbocycles. The van der Waals surface area contributed by atoms with Crippen molar-refractivity contribution in [2.45, 2.75) is 26.9 Å². The molecule has 0 fully saturated rings. The van der Waals surface area contributed by atoms with Crippen molar-refractivity contribution >= 4 is 33.0 Å². The summed E-state index contributed by atoms with van der Waals surface area (Å²) in [5, 5.41) is 0.968. The molecule has 1 aromatic carbocycles. The van der Waals surface area contributed by atoms with Crippen LogP contribution in [0.25, 0.3) is 10.1 Å². The molecule has 0 saturated heterocycles. The second kappa shape index (κ2) is 6.45. The van der Waals surface area contributed by atoms with Crippen LogP contribution >= 0.6 is 11.3 Å². The maximum Gasteiger partial charge on any atom is 0.265 e. The van der Waals surface area contributed by atoms with Crippen LogP contribution in [0.4, 0.5) is 5.69 Å². The largest absolute Gasteiger partial charge is 0.397 e. The summed E-state index contributed by atoms with van der Waals surface area (Å²) in [4.78, 5) is 14.8. The summed E-state index contributed by atoms with van der Waals surface area (Å²) in [6.45, 7) is 7.09. The van der Waals surface area contributed by atoms with Crippen LogP contribution in [0.5, 0.6) is 0 Å². The number of hydrogen-bond donors (Lipinski definition) is 1. The predicted molar refractivity (Wildman–Crippen MR) is 89.0 cm³/mol. The number of amides is 1. The van der Waals surface area contributed by atoms with E-state index in [1.54, 1.807) is 11.9 Å². The number of rotatable bonds is 5. The lowest BCUT2D eigenvalue weighted by molar-refractivity contribution is 0.0535. The highest BCUT2D eigenvalue weighted by atomic mass is 32.1. The number of carbonyl (C=O) groups excluding carboxylic acids is 1. The van der Waals surface area contributed by atoms with Crippen LogP contribution in [-0.2, 0) is 4.74 Å². The summed E-state index contributed by atoms with van der Waals surface area (Å²) >= 11 is 1.47. The van der Waals surface area contributed by atoms with Gasteiger partial charge < -0.3 is 15.4 Å². The van der Waals surface area contributed by atoms with Gasteiger partial charge in [0, 0.05) is 23.7 Å². The van der Waals surface area contributed by atoms with Gasteiger partial charge in [0.05, 0.1) is 18.4 Å². The molecule has 0 aliphatic heterocycles. The Balaban J connectivity index is 2.19. The zero-order chi connectivity index (χ0) is 15.6. The molecule has 0 radical (unpaired) electrons. The maximum atomic E-state index is 12.5. The van der Waals surface area contributed by atoms with E-state index in [1.165, 1.54) is 11.3 Å². The number of anilines is 1. The third-order valence-electron chi connectivity index (χ3n) is 3.37. The van der Waals surface area contributed by atoms with E-state index in [4.69, 9.17) is 10.5 Å². The molecule has 114 valence electrons. The number of carbonyl (C=O) groups is 1. The standard InChI is InChI=1S/C16H22N2O2S/c1-10(2)20-9-8-18(4)16(19)15-13(17)12-7-5-6-11(3)14(12)21-15/h5-7,10H,8-9,17H2,1-4H3. The van der Waals surface area contributed by atoms with Gasteiger partial charge in [0.15, 0.2) is 0 Å². The van der Waals surface area contributed by atoms with E-state index in [1.807, 2.05) is 39.0 Å². The number of nitrogen functional groups attached to an aromatic ring is 1. The van der Waals surface area contributed by atoms with E-state index in [-0.39, 0.29) is 12.0 Å². The Morgan fingerprint density at radius 3 is 2.76 bits per heavy atom. The van der Waals surface area contributed by atoms with Crippen LogP contribution in [0.3, 0.4) is 0 Å². The normalized spacial score (nSPS) is 11.3. The Morgan fingerprint density at radius 2 is 2.14 bits per heavy atom. The van der Waals surface area contributed by atoms with Gasteiger partial charge in [-0.2, -0.15) is 0 Å². The molecule has 0 unspecified atom stereocenters. The monoisotopic (exact) mass is 306 g/mol. The minimum absolute atomic E-state index is 0.0412. The average Bonchev–Trinajstić information content (AvgIpc) is 2.76. The van der Waals surface area contributed by atoms with Gasteiger partial charge in [-0.05, 0) is 26.3 Å². The van der Waals surface area contributed by atoms with Gasteiger partial charge in [-0.25, -0.2) is 0 Å². The van der Waals surface area contributed by atoms with Crippen LogP contribution in [0.15, 0.2) is 18.2 Å². The summed E-state index contributed by atoms with van der Waals surface area (Å²) in [6.07, 6.45) is 0.172. The van der Waals surface area contributed by atoms with E-state index in [0.717, 1.165) is 15.6 Å². The fourth-order valence-electron chi connectivity index (χ4n) is 2.14. The quantitative estimate of drug-likeness (QED) is 0.922. The molecule has 1 amide bonds. The van der Waals surface area contributed by atoms with Gasteiger partial charge in [0.25, 0.3) is 5.91 Å². The van der Waals surface area contributed by atoms with E-state index in [2.05, 4.69) is 0 Å². The second-order valence-electron chi connectivity index (χ2n) is 5.44. The number of likely N-dealkylation sites (N-methyl/N-ethyl adjacent to an activating group) is 1. The molecule has 1 heterocycles. The molecule has 0 spiro atoms. The van der Waals surface area contributed by atoms with Gasteiger partial charge in [-0.1, -0.05) is 18.2 Å². The average molecular weight is 306 g/mol. The first-order valence-corrected chi connectivity index (χ1v) is 7.88. The summed E-state index contributed by atoms with van der Waals surface area (Å²) in [6, 6.07) is 5.97. The lowest BCUT2D eigenvalue weighted by atomic mass is 10.1. The fourth-order valence-corrected chi connectivity index (χ4v) is 3.32. The number of nitrogens with two attached hydrogens (primary N) is 1. The van der Waals surface area contributed by atoms with Crippen LogP contribution < -0.4 is 5.73 Å². The van der Waals surface area contributed by atoms with Crippen molar-refractivity contribution in [2.24, 2.45) is 0 Å².